The first kappa shape index (κ1) is 32.2. The summed E-state index contributed by atoms with van der Waals surface area (Å²) in [4.78, 5) is 49.4. The van der Waals surface area contributed by atoms with Gasteiger partial charge in [-0.1, -0.05) is 54.6 Å². The van der Waals surface area contributed by atoms with Gasteiger partial charge in [0.1, 0.15) is 0 Å². The third-order valence-electron chi connectivity index (χ3n) is 9.00. The van der Waals surface area contributed by atoms with E-state index in [1.807, 2.05) is 91.4 Å². The number of hydrogen-bond donors (Lipinski definition) is 3. The minimum Gasteiger partial charge on any atom is -0.458 e. The molecule has 1 unspecified atom stereocenters. The largest absolute Gasteiger partial charge is 0.458 e. The van der Waals surface area contributed by atoms with Crippen LogP contribution in [0.1, 0.15) is 42.9 Å². The fraction of sp³-hybridized carbons (Fsp3) is 0.282. The van der Waals surface area contributed by atoms with Gasteiger partial charge >= 0.3 is 17.9 Å². The number of para-hydroxylation sites is 3. The van der Waals surface area contributed by atoms with E-state index in [0.717, 1.165) is 49.4 Å². The zero-order valence-electron chi connectivity index (χ0n) is 27.1. The fourth-order valence-corrected chi connectivity index (χ4v) is 6.53. The highest BCUT2D eigenvalue weighted by molar-refractivity contribution is 5.85. The zero-order chi connectivity index (χ0) is 33.7. The maximum absolute atomic E-state index is 13.3. The maximum Gasteiger partial charge on any atom is 0.308 e. The van der Waals surface area contributed by atoms with Gasteiger partial charge in [-0.3, -0.25) is 14.4 Å². The van der Waals surface area contributed by atoms with E-state index in [0.29, 0.717) is 19.3 Å². The molecule has 3 aromatic heterocycles. The standard InChI is InChI=1S/C39H38N3O7/c1-24-20-34(47-35(43)17-14-25-21-40-31-11-5-2-8-28(25)31)38(48-36(44)18-15-26-22-41-32-12-6-3-9-29(26)32)39(46-24)49-37(45)19-16-27-23-42-33-13-7-4-10-30(27)33/h2-13,20-24,34,38-42H,14-19H2,1H3/t24-,34+,38+,39?/m0/s1. The van der Waals surface area contributed by atoms with Gasteiger partial charge in [0.25, 0.3) is 0 Å². The Balaban J connectivity index is 1.03. The molecule has 6 aromatic rings. The molecule has 0 saturated carbocycles. The topological polar surface area (TPSA) is 136 Å². The minimum atomic E-state index is -1.26. The average Bonchev–Trinajstić information content (AvgIpc) is 3.84. The summed E-state index contributed by atoms with van der Waals surface area (Å²) < 4.78 is 23.6. The van der Waals surface area contributed by atoms with Gasteiger partial charge in [-0.15, -0.1) is 0 Å². The number of rotatable bonds is 12. The molecule has 10 nitrogen and oxygen atoms in total. The van der Waals surface area contributed by atoms with E-state index in [2.05, 4.69) is 15.0 Å². The van der Waals surface area contributed by atoms with Gasteiger partial charge < -0.3 is 33.9 Å². The molecule has 4 heterocycles. The van der Waals surface area contributed by atoms with Crippen molar-refractivity contribution in [3.63, 3.8) is 0 Å². The van der Waals surface area contributed by atoms with Gasteiger partial charge in [-0.2, -0.15) is 0 Å². The molecule has 1 saturated heterocycles. The van der Waals surface area contributed by atoms with Crippen molar-refractivity contribution in [2.75, 3.05) is 0 Å². The summed E-state index contributed by atoms with van der Waals surface area (Å²) in [5.74, 6) is -1.51. The van der Waals surface area contributed by atoms with Crippen LogP contribution in [0.3, 0.4) is 0 Å². The summed E-state index contributed by atoms with van der Waals surface area (Å²) in [7, 11) is 0. The molecular weight excluding hydrogens is 622 g/mol. The van der Waals surface area contributed by atoms with E-state index in [9.17, 15) is 14.4 Å². The first-order valence-electron chi connectivity index (χ1n) is 16.6. The molecule has 1 aliphatic rings. The molecule has 1 fully saturated rings. The molecule has 0 spiro atoms. The highest BCUT2D eigenvalue weighted by atomic mass is 16.7. The number of aromatic amines is 3. The number of nitrogens with one attached hydrogen (secondary N) is 3. The second-order valence-electron chi connectivity index (χ2n) is 12.4. The number of aryl methyl sites for hydroxylation is 3. The molecule has 251 valence electrons. The molecule has 0 aliphatic carbocycles. The Kier molecular flexibility index (Phi) is 9.47. The highest BCUT2D eigenvalue weighted by Gasteiger charge is 2.45. The normalized spacial score (nSPS) is 19.3. The molecule has 0 amide bonds. The fourth-order valence-electron chi connectivity index (χ4n) is 6.53. The first-order valence-corrected chi connectivity index (χ1v) is 16.6. The zero-order valence-corrected chi connectivity index (χ0v) is 27.1. The quantitative estimate of drug-likeness (QED) is 0.0989. The molecule has 3 aromatic carbocycles. The number of esters is 3. The molecule has 10 heteroatoms. The van der Waals surface area contributed by atoms with Crippen LogP contribution >= 0.6 is 0 Å². The lowest BCUT2D eigenvalue weighted by Crippen LogP contribution is -2.53. The summed E-state index contributed by atoms with van der Waals surface area (Å²) in [6.07, 6.45) is 4.94. The van der Waals surface area contributed by atoms with Crippen LogP contribution in [-0.4, -0.2) is 57.5 Å². The van der Waals surface area contributed by atoms with Crippen molar-refractivity contribution in [1.82, 2.24) is 15.0 Å². The summed E-state index contributed by atoms with van der Waals surface area (Å²) in [6.45, 7) is 1.76. The molecule has 4 atom stereocenters. The first-order chi connectivity index (χ1) is 23.9. The lowest BCUT2D eigenvalue weighted by molar-refractivity contribution is -0.252. The van der Waals surface area contributed by atoms with Crippen LogP contribution in [0.4, 0.5) is 0 Å². The van der Waals surface area contributed by atoms with E-state index in [-0.39, 0.29) is 19.3 Å². The van der Waals surface area contributed by atoms with Gasteiger partial charge in [0, 0.05) is 77.0 Å². The number of aromatic nitrogens is 3. The van der Waals surface area contributed by atoms with E-state index >= 15 is 0 Å². The van der Waals surface area contributed by atoms with Crippen LogP contribution < -0.4 is 0 Å². The number of ether oxygens (including phenoxy) is 4. The maximum atomic E-state index is 13.3. The van der Waals surface area contributed by atoms with Crippen LogP contribution in [0.15, 0.2) is 91.4 Å². The van der Waals surface area contributed by atoms with Crippen LogP contribution in [-0.2, 0) is 52.6 Å². The number of hydrogen-bond acceptors (Lipinski definition) is 7. The van der Waals surface area contributed by atoms with E-state index in [1.165, 1.54) is 0 Å². The molecule has 7 rings (SSSR count). The molecule has 0 bridgehead atoms. The van der Waals surface area contributed by atoms with Gasteiger partial charge in [0.15, 0.2) is 6.10 Å². The third-order valence-corrected chi connectivity index (χ3v) is 9.00. The Morgan fingerprint density at radius 3 is 1.47 bits per heavy atom. The van der Waals surface area contributed by atoms with Crippen LogP contribution in [0.2, 0.25) is 0 Å². The van der Waals surface area contributed by atoms with Gasteiger partial charge in [0.05, 0.1) is 6.10 Å². The Labute approximate surface area is 283 Å². The monoisotopic (exact) mass is 660 g/mol. The second kappa shape index (κ2) is 14.4. The van der Waals surface area contributed by atoms with E-state index in [4.69, 9.17) is 18.9 Å². The van der Waals surface area contributed by atoms with Crippen LogP contribution in [0.25, 0.3) is 32.7 Å². The molecule has 1 radical (unpaired) electrons. The van der Waals surface area contributed by atoms with Crippen molar-refractivity contribution in [3.05, 3.63) is 114 Å². The lowest BCUT2D eigenvalue weighted by atomic mass is 10.0. The van der Waals surface area contributed by atoms with Crippen molar-refractivity contribution in [2.24, 2.45) is 0 Å². The second-order valence-corrected chi connectivity index (χ2v) is 12.4. The van der Waals surface area contributed by atoms with Gasteiger partial charge in [-0.05, 0) is 61.1 Å². The molecule has 3 N–H and O–H groups in total. The van der Waals surface area contributed by atoms with Gasteiger partial charge in [0.2, 0.25) is 12.4 Å². The summed E-state index contributed by atoms with van der Waals surface area (Å²) in [6, 6.07) is 23.6. The number of carbonyl (C=O) groups excluding carboxylic acids is 3. The Bertz CT molecular complexity index is 1990. The SMILES string of the molecule is C[C@H]1[CH][C@@H](OC(=O)CCc2c[nH]c3ccccc23)[C@@H](OC(=O)CCc2c[nH]c3ccccc23)C(OC(=O)CCc2c[nH]c3ccccc23)O1. The number of H-pyrrole nitrogens is 3. The van der Waals surface area contributed by atoms with Crippen molar-refractivity contribution in [2.45, 2.75) is 70.1 Å². The summed E-state index contributed by atoms with van der Waals surface area (Å²) in [5.41, 5.74) is 5.92. The number of fused-ring (bicyclic) bond motifs is 3. The summed E-state index contributed by atoms with van der Waals surface area (Å²) >= 11 is 0. The number of carbonyl (C=O) groups is 3. The Morgan fingerprint density at radius 2 is 1.00 bits per heavy atom. The Morgan fingerprint density at radius 1 is 0.592 bits per heavy atom. The Hall–Kier alpha value is -5.35. The molecule has 49 heavy (non-hydrogen) atoms. The van der Waals surface area contributed by atoms with Crippen LogP contribution in [0.5, 0.6) is 0 Å². The van der Waals surface area contributed by atoms with E-state index in [1.54, 1.807) is 13.3 Å². The molecule has 1 aliphatic heterocycles. The van der Waals surface area contributed by atoms with Crippen molar-refractivity contribution >= 4 is 50.6 Å². The smallest absolute Gasteiger partial charge is 0.308 e. The van der Waals surface area contributed by atoms with Gasteiger partial charge in [-0.25, -0.2) is 0 Å². The van der Waals surface area contributed by atoms with E-state index < -0.39 is 42.5 Å². The summed E-state index contributed by atoms with van der Waals surface area (Å²) in [5, 5.41) is 3.11. The average molecular weight is 661 g/mol. The van der Waals surface area contributed by atoms with Crippen molar-refractivity contribution < 1.29 is 33.3 Å². The predicted molar refractivity (Wildman–Crippen MR) is 184 cm³/mol. The lowest BCUT2D eigenvalue weighted by Gasteiger charge is -2.38. The predicted octanol–water partition coefficient (Wildman–Crippen LogP) is 6.64. The highest BCUT2D eigenvalue weighted by Crippen LogP contribution is 2.28. The van der Waals surface area contributed by atoms with Crippen molar-refractivity contribution in [3.8, 4) is 0 Å². The minimum absolute atomic E-state index is 0.0658. The van der Waals surface area contributed by atoms with Crippen LogP contribution in [0, 0.1) is 6.42 Å². The molecular formula is C39H38N3O7. The van der Waals surface area contributed by atoms with Crippen molar-refractivity contribution in [1.29, 1.82) is 0 Å². The number of benzene rings is 3. The third kappa shape index (κ3) is 7.39.